The number of imidazole rings is 1. The molecule has 0 bridgehead atoms. The van der Waals surface area contributed by atoms with Gasteiger partial charge in [-0.2, -0.15) is 0 Å². The molecule has 0 radical (unpaired) electrons. The highest BCUT2D eigenvalue weighted by Crippen LogP contribution is 2.42. The van der Waals surface area contributed by atoms with Gasteiger partial charge in [-0.25, -0.2) is 14.4 Å². The molecule has 1 N–H and O–H groups in total. The SMILES string of the molecule is Cc1cn(-c2ccc(Nc3nc4c(s3)CCCC4c3ccccc3Cl)cc2F)cn1. The van der Waals surface area contributed by atoms with Crippen LogP contribution in [0.4, 0.5) is 15.2 Å². The van der Waals surface area contributed by atoms with Crippen LogP contribution in [0.25, 0.3) is 5.69 Å². The van der Waals surface area contributed by atoms with Crippen LogP contribution in [0.5, 0.6) is 0 Å². The lowest BCUT2D eigenvalue weighted by Crippen LogP contribution is -2.10. The highest BCUT2D eigenvalue weighted by Gasteiger charge is 2.27. The predicted octanol–water partition coefficient (Wildman–Crippen LogP) is 6.64. The predicted molar refractivity (Wildman–Crippen MR) is 120 cm³/mol. The molecule has 1 aliphatic rings. The third-order valence-corrected chi connectivity index (χ3v) is 6.81. The molecule has 0 amide bonds. The first-order chi connectivity index (χ1) is 14.6. The number of nitrogens with one attached hydrogen (secondary N) is 1. The summed E-state index contributed by atoms with van der Waals surface area (Å²) >= 11 is 8.10. The van der Waals surface area contributed by atoms with E-state index in [-0.39, 0.29) is 11.7 Å². The summed E-state index contributed by atoms with van der Waals surface area (Å²) in [5.41, 5.74) is 4.21. The Hall–Kier alpha value is -2.70. The zero-order valence-electron chi connectivity index (χ0n) is 16.4. The number of anilines is 2. The maximum atomic E-state index is 14.7. The van der Waals surface area contributed by atoms with Gasteiger partial charge in [0, 0.05) is 27.7 Å². The largest absolute Gasteiger partial charge is 0.331 e. The van der Waals surface area contributed by atoms with Gasteiger partial charge in [0.25, 0.3) is 0 Å². The number of aryl methyl sites for hydroxylation is 2. The van der Waals surface area contributed by atoms with Gasteiger partial charge in [0.15, 0.2) is 5.13 Å². The number of halogens is 2. The molecule has 7 heteroatoms. The van der Waals surface area contributed by atoms with Crippen molar-refractivity contribution in [1.82, 2.24) is 14.5 Å². The Morgan fingerprint density at radius 2 is 2.10 bits per heavy atom. The molecular formula is C23H20ClFN4S. The number of aromatic nitrogens is 3. The lowest BCUT2D eigenvalue weighted by Gasteiger charge is -2.22. The quantitative estimate of drug-likeness (QED) is 0.388. The normalized spacial score (nSPS) is 15.8. The molecule has 4 nitrogen and oxygen atoms in total. The summed E-state index contributed by atoms with van der Waals surface area (Å²) < 4.78 is 16.4. The van der Waals surface area contributed by atoms with Crippen molar-refractivity contribution >= 4 is 33.8 Å². The van der Waals surface area contributed by atoms with Crippen LogP contribution >= 0.6 is 22.9 Å². The van der Waals surface area contributed by atoms with Gasteiger partial charge in [0.2, 0.25) is 0 Å². The minimum absolute atomic E-state index is 0.206. The monoisotopic (exact) mass is 438 g/mol. The topological polar surface area (TPSA) is 42.7 Å². The summed E-state index contributed by atoms with van der Waals surface area (Å²) in [5, 5.41) is 4.85. The third kappa shape index (κ3) is 3.61. The van der Waals surface area contributed by atoms with E-state index in [1.165, 1.54) is 10.9 Å². The van der Waals surface area contributed by atoms with Crippen LogP contribution in [-0.4, -0.2) is 14.5 Å². The van der Waals surface area contributed by atoms with E-state index in [1.54, 1.807) is 34.5 Å². The Kier molecular flexibility index (Phi) is 5.05. The molecule has 2 aromatic carbocycles. The number of hydrogen-bond acceptors (Lipinski definition) is 4. The molecule has 1 unspecified atom stereocenters. The molecule has 30 heavy (non-hydrogen) atoms. The average Bonchev–Trinajstić information content (AvgIpc) is 3.34. The van der Waals surface area contributed by atoms with Crippen molar-refractivity contribution in [2.45, 2.75) is 32.1 Å². The van der Waals surface area contributed by atoms with Crippen LogP contribution in [-0.2, 0) is 6.42 Å². The summed E-state index contributed by atoms with van der Waals surface area (Å²) in [5.74, 6) is -0.106. The van der Waals surface area contributed by atoms with Gasteiger partial charge in [0.05, 0.1) is 23.4 Å². The minimum Gasteiger partial charge on any atom is -0.331 e. The van der Waals surface area contributed by atoms with Crippen LogP contribution < -0.4 is 5.32 Å². The zero-order chi connectivity index (χ0) is 20.7. The lowest BCUT2D eigenvalue weighted by atomic mass is 9.85. The van der Waals surface area contributed by atoms with Crippen LogP contribution in [0.1, 0.15) is 40.6 Å². The molecule has 1 atom stereocenters. The molecule has 0 saturated carbocycles. The molecule has 5 rings (SSSR count). The molecule has 4 aromatic rings. The van der Waals surface area contributed by atoms with Crippen LogP contribution in [0.15, 0.2) is 55.0 Å². The highest BCUT2D eigenvalue weighted by molar-refractivity contribution is 7.15. The number of fused-ring (bicyclic) bond motifs is 1. The maximum Gasteiger partial charge on any atom is 0.187 e. The first-order valence-electron chi connectivity index (χ1n) is 9.90. The van der Waals surface area contributed by atoms with Gasteiger partial charge in [-0.3, -0.25) is 0 Å². The Bertz CT molecular complexity index is 1220. The highest BCUT2D eigenvalue weighted by atomic mass is 35.5. The van der Waals surface area contributed by atoms with Crippen molar-refractivity contribution in [2.24, 2.45) is 0 Å². The fraction of sp³-hybridized carbons (Fsp3) is 0.217. The van der Waals surface area contributed by atoms with E-state index in [0.717, 1.165) is 46.4 Å². The van der Waals surface area contributed by atoms with Crippen molar-refractivity contribution in [1.29, 1.82) is 0 Å². The average molecular weight is 439 g/mol. The smallest absolute Gasteiger partial charge is 0.187 e. The van der Waals surface area contributed by atoms with E-state index >= 15 is 0 Å². The van der Waals surface area contributed by atoms with Gasteiger partial charge in [-0.05, 0) is 56.0 Å². The molecule has 2 aromatic heterocycles. The number of nitrogens with zero attached hydrogens (tertiary/aromatic N) is 3. The van der Waals surface area contributed by atoms with Crippen molar-refractivity contribution in [3.8, 4) is 5.69 Å². The number of thiazole rings is 1. The van der Waals surface area contributed by atoms with Crippen molar-refractivity contribution in [2.75, 3.05) is 5.32 Å². The molecule has 0 saturated heterocycles. The van der Waals surface area contributed by atoms with Crippen LogP contribution in [0.2, 0.25) is 5.02 Å². The van der Waals surface area contributed by atoms with Crippen LogP contribution in [0, 0.1) is 12.7 Å². The molecule has 152 valence electrons. The van der Waals surface area contributed by atoms with Crippen LogP contribution in [0.3, 0.4) is 0 Å². The molecular weight excluding hydrogens is 419 g/mol. The van der Waals surface area contributed by atoms with E-state index in [2.05, 4.69) is 16.4 Å². The number of benzene rings is 2. The van der Waals surface area contributed by atoms with Gasteiger partial charge < -0.3 is 9.88 Å². The number of rotatable bonds is 4. The standard InChI is InChI=1S/C23H20ClFN4S/c1-14-12-29(13-26-14)20-10-9-15(11-19(20)25)27-23-28-22-17(6-4-8-21(22)30-23)16-5-2-3-7-18(16)24/h2-3,5,7,9-13,17H,4,6,8H2,1H3,(H,27,28). The Balaban J connectivity index is 1.42. The molecule has 0 fully saturated rings. The molecule has 0 spiro atoms. The second-order valence-corrected chi connectivity index (χ2v) is 9.00. The lowest BCUT2D eigenvalue weighted by molar-refractivity contribution is 0.610. The summed E-state index contributed by atoms with van der Waals surface area (Å²) in [6.45, 7) is 1.88. The van der Waals surface area contributed by atoms with E-state index in [9.17, 15) is 4.39 Å². The second kappa shape index (κ2) is 7.85. The molecule has 1 aliphatic carbocycles. The van der Waals surface area contributed by atoms with Crippen molar-refractivity contribution in [3.63, 3.8) is 0 Å². The zero-order valence-corrected chi connectivity index (χ0v) is 18.0. The van der Waals surface area contributed by atoms with Gasteiger partial charge in [-0.15, -0.1) is 11.3 Å². The summed E-state index contributed by atoms with van der Waals surface area (Å²) in [6, 6.07) is 13.1. The van der Waals surface area contributed by atoms with E-state index in [1.807, 2.05) is 31.2 Å². The van der Waals surface area contributed by atoms with Gasteiger partial charge >= 0.3 is 0 Å². The van der Waals surface area contributed by atoms with E-state index < -0.39 is 0 Å². The van der Waals surface area contributed by atoms with Gasteiger partial charge in [-0.1, -0.05) is 29.8 Å². The first-order valence-corrected chi connectivity index (χ1v) is 11.1. The fourth-order valence-electron chi connectivity index (χ4n) is 4.00. The minimum atomic E-state index is -0.312. The Morgan fingerprint density at radius 3 is 2.87 bits per heavy atom. The van der Waals surface area contributed by atoms with Gasteiger partial charge in [0.1, 0.15) is 5.82 Å². The molecule has 0 aliphatic heterocycles. The van der Waals surface area contributed by atoms with Crippen molar-refractivity contribution < 1.29 is 4.39 Å². The molecule has 2 heterocycles. The summed E-state index contributed by atoms with van der Waals surface area (Å²) in [6.07, 6.45) is 6.58. The van der Waals surface area contributed by atoms with E-state index in [0.29, 0.717) is 11.4 Å². The summed E-state index contributed by atoms with van der Waals surface area (Å²) in [7, 11) is 0. The first kappa shape index (κ1) is 19.3. The fourth-order valence-corrected chi connectivity index (χ4v) is 5.36. The Morgan fingerprint density at radius 1 is 1.23 bits per heavy atom. The maximum absolute atomic E-state index is 14.7. The number of hydrogen-bond donors (Lipinski definition) is 1. The summed E-state index contributed by atoms with van der Waals surface area (Å²) in [4.78, 5) is 10.3. The Labute approximate surface area is 183 Å². The second-order valence-electron chi connectivity index (χ2n) is 7.51. The third-order valence-electron chi connectivity index (χ3n) is 5.42. The van der Waals surface area contributed by atoms with E-state index in [4.69, 9.17) is 16.6 Å². The van der Waals surface area contributed by atoms with Crippen molar-refractivity contribution in [3.05, 3.63) is 87.7 Å².